The quantitative estimate of drug-likeness (QED) is 0.504. The Morgan fingerprint density at radius 3 is 2.85 bits per heavy atom. The minimum Gasteiger partial charge on any atom is -0.482 e. The fourth-order valence-electron chi connectivity index (χ4n) is 4.15. The first-order valence-corrected chi connectivity index (χ1v) is 11.3. The van der Waals surface area contributed by atoms with Crippen molar-refractivity contribution in [1.82, 2.24) is 5.48 Å². The molecule has 0 aromatic heterocycles. The molecule has 2 aromatic carbocycles. The van der Waals surface area contributed by atoms with Crippen molar-refractivity contribution in [2.24, 2.45) is 4.99 Å². The van der Waals surface area contributed by atoms with E-state index in [-0.39, 0.29) is 12.7 Å². The molecule has 0 amide bonds. The number of carboxylic acid groups (broad SMARTS) is 1. The molecule has 0 saturated heterocycles. The maximum absolute atomic E-state index is 10.9. The van der Waals surface area contributed by atoms with Crippen LogP contribution in [0.2, 0.25) is 0 Å². The third-order valence-electron chi connectivity index (χ3n) is 5.70. The van der Waals surface area contributed by atoms with Gasteiger partial charge in [-0.2, -0.15) is 0 Å². The Balaban J connectivity index is 1.43. The molecule has 1 atom stereocenters. The van der Waals surface area contributed by atoms with Crippen molar-refractivity contribution >= 4 is 12.2 Å². The molecular formula is C28H28N2O4. The van der Waals surface area contributed by atoms with Crippen LogP contribution in [-0.4, -0.2) is 23.9 Å². The lowest BCUT2D eigenvalue weighted by atomic mass is 9.87. The molecule has 4 rings (SSSR count). The Morgan fingerprint density at radius 2 is 2.03 bits per heavy atom. The average molecular weight is 457 g/mol. The molecule has 6 heteroatoms. The van der Waals surface area contributed by atoms with Gasteiger partial charge in [-0.05, 0) is 59.7 Å². The number of ether oxygens (including phenoxy) is 1. The second-order valence-electron chi connectivity index (χ2n) is 8.18. The van der Waals surface area contributed by atoms with E-state index >= 15 is 0 Å². The van der Waals surface area contributed by atoms with E-state index in [1.807, 2.05) is 60.8 Å². The van der Waals surface area contributed by atoms with Gasteiger partial charge in [0.1, 0.15) is 11.9 Å². The minimum atomic E-state index is -0.979. The van der Waals surface area contributed by atoms with Gasteiger partial charge in [-0.1, -0.05) is 60.7 Å². The molecule has 34 heavy (non-hydrogen) atoms. The molecule has 1 heterocycles. The van der Waals surface area contributed by atoms with E-state index in [4.69, 9.17) is 14.7 Å². The number of hydroxylamine groups is 1. The topological polar surface area (TPSA) is 80.2 Å². The van der Waals surface area contributed by atoms with Crippen LogP contribution < -0.4 is 10.2 Å². The van der Waals surface area contributed by atoms with Crippen molar-refractivity contribution in [2.75, 3.05) is 6.61 Å². The first-order chi connectivity index (χ1) is 16.6. The van der Waals surface area contributed by atoms with Crippen LogP contribution in [0.5, 0.6) is 5.75 Å². The molecule has 1 unspecified atom stereocenters. The molecule has 6 nitrogen and oxygen atoms in total. The zero-order valence-corrected chi connectivity index (χ0v) is 18.9. The number of hydrogen-bond donors (Lipinski definition) is 2. The van der Waals surface area contributed by atoms with Crippen LogP contribution in [0.1, 0.15) is 35.6 Å². The van der Waals surface area contributed by atoms with Crippen molar-refractivity contribution in [1.29, 1.82) is 0 Å². The average Bonchev–Trinajstić information content (AvgIpc) is 3.13. The van der Waals surface area contributed by atoms with Gasteiger partial charge in [0.25, 0.3) is 0 Å². The second kappa shape index (κ2) is 11.3. The lowest BCUT2D eigenvalue weighted by Crippen LogP contribution is -2.19. The fourth-order valence-corrected chi connectivity index (χ4v) is 4.15. The number of carboxylic acids is 1. The highest BCUT2D eigenvalue weighted by atomic mass is 16.7. The van der Waals surface area contributed by atoms with Gasteiger partial charge in [0, 0.05) is 18.8 Å². The maximum Gasteiger partial charge on any atom is 0.341 e. The zero-order chi connectivity index (χ0) is 23.8. The summed E-state index contributed by atoms with van der Waals surface area (Å²) in [5, 5.41) is 8.90. The van der Waals surface area contributed by atoms with E-state index in [2.05, 4.69) is 29.2 Å². The number of allylic oxidation sites excluding steroid dienone is 3. The Bertz CT molecular complexity index is 1160. The highest BCUT2D eigenvalue weighted by molar-refractivity contribution is 5.68. The number of benzene rings is 2. The predicted octanol–water partition coefficient (Wildman–Crippen LogP) is 5.26. The lowest BCUT2D eigenvalue weighted by molar-refractivity contribution is -0.139. The van der Waals surface area contributed by atoms with Crippen LogP contribution in [0.3, 0.4) is 0 Å². The van der Waals surface area contributed by atoms with E-state index in [0.29, 0.717) is 11.4 Å². The smallest absolute Gasteiger partial charge is 0.341 e. The van der Waals surface area contributed by atoms with Crippen molar-refractivity contribution in [3.8, 4) is 5.75 Å². The molecular weight excluding hydrogens is 428 g/mol. The van der Waals surface area contributed by atoms with Gasteiger partial charge >= 0.3 is 5.97 Å². The fraction of sp³-hybridized carbons (Fsp3) is 0.214. The highest BCUT2D eigenvalue weighted by Crippen LogP contribution is 2.32. The number of nitrogens with zero attached hydrogens (tertiary/aromatic N) is 1. The number of nitrogens with one attached hydrogen (secondary N) is 1. The number of fused-ring (bicyclic) bond motifs is 1. The SMILES string of the molecule is C=C(C=C1CCc2c(cccc2OCC(=O)O)C1)NOC(C1=CCC=NC=C1)c1ccccc1. The van der Waals surface area contributed by atoms with Crippen molar-refractivity contribution in [3.63, 3.8) is 0 Å². The standard InChI is InChI=1S/C28H28N2O4/c1-20(17-21-12-13-25-24(18-21)9-5-11-26(25)33-19-27(31)32)30-34-28(22-7-3-2-4-8-22)23-10-6-15-29-16-14-23/h2-5,7-11,14-17,28,30H,1,6,12-13,18-19H2,(H,31,32). The second-order valence-corrected chi connectivity index (χ2v) is 8.18. The van der Waals surface area contributed by atoms with Crippen molar-refractivity contribution in [3.05, 3.63) is 113 Å². The molecule has 0 spiro atoms. The molecule has 2 aromatic rings. The van der Waals surface area contributed by atoms with Gasteiger partial charge in [0.2, 0.25) is 0 Å². The van der Waals surface area contributed by atoms with Gasteiger partial charge in [0.05, 0.1) is 5.70 Å². The van der Waals surface area contributed by atoms with E-state index in [1.54, 1.807) is 6.20 Å². The van der Waals surface area contributed by atoms with E-state index in [0.717, 1.165) is 47.9 Å². The van der Waals surface area contributed by atoms with Crippen LogP contribution in [0.25, 0.3) is 0 Å². The van der Waals surface area contributed by atoms with E-state index in [1.165, 1.54) is 5.57 Å². The van der Waals surface area contributed by atoms with E-state index < -0.39 is 5.97 Å². The highest BCUT2D eigenvalue weighted by Gasteiger charge is 2.19. The molecule has 174 valence electrons. The molecule has 1 aliphatic carbocycles. The normalized spacial score (nSPS) is 16.8. The first kappa shape index (κ1) is 23.3. The molecule has 1 aliphatic heterocycles. The predicted molar refractivity (Wildman–Crippen MR) is 133 cm³/mol. The molecule has 2 aliphatic rings. The number of aliphatic carboxylic acids is 1. The van der Waals surface area contributed by atoms with Gasteiger partial charge in [-0.15, -0.1) is 0 Å². The third-order valence-corrected chi connectivity index (χ3v) is 5.70. The molecule has 0 bridgehead atoms. The summed E-state index contributed by atoms with van der Waals surface area (Å²) >= 11 is 0. The number of aliphatic imine (C=N–C) groups is 1. The summed E-state index contributed by atoms with van der Waals surface area (Å²) in [6.07, 6.45) is 12.6. The number of hydrogen-bond acceptors (Lipinski definition) is 5. The maximum atomic E-state index is 10.9. The summed E-state index contributed by atoms with van der Waals surface area (Å²) in [4.78, 5) is 21.2. The van der Waals surface area contributed by atoms with E-state index in [9.17, 15) is 4.79 Å². The number of carbonyl (C=O) groups is 1. The van der Waals surface area contributed by atoms with Gasteiger partial charge in [0.15, 0.2) is 6.61 Å². The summed E-state index contributed by atoms with van der Waals surface area (Å²) in [7, 11) is 0. The van der Waals surface area contributed by atoms with Crippen molar-refractivity contribution < 1.29 is 19.5 Å². The molecule has 0 fully saturated rings. The summed E-state index contributed by atoms with van der Waals surface area (Å²) in [5.74, 6) is -0.327. The van der Waals surface area contributed by atoms with Gasteiger partial charge in [-0.25, -0.2) is 4.79 Å². The lowest BCUT2D eigenvalue weighted by Gasteiger charge is -2.23. The van der Waals surface area contributed by atoms with Crippen LogP contribution >= 0.6 is 0 Å². The Kier molecular flexibility index (Phi) is 7.73. The minimum absolute atomic E-state index is 0.296. The van der Waals surface area contributed by atoms with Gasteiger partial charge in [-0.3, -0.25) is 15.3 Å². The van der Waals surface area contributed by atoms with Crippen LogP contribution in [0, 0.1) is 0 Å². The summed E-state index contributed by atoms with van der Waals surface area (Å²) < 4.78 is 5.47. The van der Waals surface area contributed by atoms with Crippen LogP contribution in [0.4, 0.5) is 0 Å². The monoisotopic (exact) mass is 456 g/mol. The summed E-state index contributed by atoms with van der Waals surface area (Å²) in [5.41, 5.74) is 9.22. The summed E-state index contributed by atoms with van der Waals surface area (Å²) in [6, 6.07) is 15.8. The van der Waals surface area contributed by atoms with Crippen LogP contribution in [-0.2, 0) is 22.5 Å². The Labute approximate surface area is 199 Å². The summed E-state index contributed by atoms with van der Waals surface area (Å²) in [6.45, 7) is 3.80. The Morgan fingerprint density at radius 1 is 1.18 bits per heavy atom. The molecule has 2 N–H and O–H groups in total. The molecule has 0 radical (unpaired) electrons. The number of rotatable bonds is 9. The van der Waals surface area contributed by atoms with Crippen LogP contribution in [0.15, 0.2) is 101 Å². The van der Waals surface area contributed by atoms with Gasteiger partial charge < -0.3 is 9.84 Å². The third kappa shape index (κ3) is 6.11. The van der Waals surface area contributed by atoms with Crippen molar-refractivity contribution in [2.45, 2.75) is 31.8 Å². The zero-order valence-electron chi connectivity index (χ0n) is 18.9. The first-order valence-electron chi connectivity index (χ1n) is 11.3. The largest absolute Gasteiger partial charge is 0.482 e. The Hall–Kier alpha value is -3.90. The molecule has 0 saturated carbocycles.